The van der Waals surface area contributed by atoms with Gasteiger partial charge in [-0.15, -0.1) is 0 Å². The predicted octanol–water partition coefficient (Wildman–Crippen LogP) is 12.8. The lowest BCUT2D eigenvalue weighted by Gasteiger charge is -2.18. The number of carbonyl (C=O) groups excluding carboxylic acids is 3. The molecule has 0 amide bonds. The lowest BCUT2D eigenvalue weighted by Crippen LogP contribution is -2.30. The Labute approximate surface area is 328 Å². The number of ether oxygens (including phenoxy) is 3. The van der Waals surface area contributed by atoms with E-state index < -0.39 is 12.1 Å². The van der Waals surface area contributed by atoms with Crippen molar-refractivity contribution in [1.29, 1.82) is 0 Å². The van der Waals surface area contributed by atoms with Gasteiger partial charge in [0.1, 0.15) is 13.2 Å². The Kier molecular flexibility index (Phi) is 37.9. The van der Waals surface area contributed by atoms with E-state index in [4.69, 9.17) is 14.2 Å². The third-order valence-corrected chi connectivity index (χ3v) is 7.51. The van der Waals surface area contributed by atoms with Crippen molar-refractivity contribution in [3.63, 3.8) is 0 Å². The number of hydrogen-bond donors (Lipinski definition) is 0. The molecule has 298 valence electrons. The zero-order chi connectivity index (χ0) is 39.4. The van der Waals surface area contributed by atoms with Gasteiger partial charge in [-0.25, -0.2) is 0 Å². The molecule has 0 N–H and O–H groups in total. The predicted molar refractivity (Wildman–Crippen MR) is 228 cm³/mol. The molecule has 0 bridgehead atoms. The highest BCUT2D eigenvalue weighted by atomic mass is 16.6. The van der Waals surface area contributed by atoms with Crippen LogP contribution in [0.5, 0.6) is 0 Å². The summed E-state index contributed by atoms with van der Waals surface area (Å²) < 4.78 is 16.5. The summed E-state index contributed by atoms with van der Waals surface area (Å²) in [5, 5.41) is 0. The average molecular weight is 743 g/mol. The molecule has 6 nitrogen and oxygen atoms in total. The van der Waals surface area contributed by atoms with Gasteiger partial charge in [0.05, 0.1) is 0 Å². The lowest BCUT2D eigenvalue weighted by molar-refractivity contribution is -0.167. The van der Waals surface area contributed by atoms with E-state index >= 15 is 0 Å². The molecule has 0 aliphatic heterocycles. The Bertz CT molecular complexity index is 1270. The van der Waals surface area contributed by atoms with E-state index in [2.05, 4.69) is 99.8 Å². The van der Waals surface area contributed by atoms with E-state index in [-0.39, 0.29) is 44.4 Å². The molecule has 0 rings (SSSR count). The molecule has 0 aliphatic rings. The molecule has 0 fully saturated rings. The van der Waals surface area contributed by atoms with Crippen molar-refractivity contribution in [2.24, 2.45) is 0 Å². The molecule has 0 spiro atoms. The number of esters is 3. The van der Waals surface area contributed by atoms with Crippen molar-refractivity contribution in [2.75, 3.05) is 13.2 Å². The van der Waals surface area contributed by atoms with Gasteiger partial charge < -0.3 is 14.2 Å². The molecule has 0 heterocycles. The third-order valence-electron chi connectivity index (χ3n) is 7.51. The van der Waals surface area contributed by atoms with Gasteiger partial charge in [-0.1, -0.05) is 154 Å². The smallest absolute Gasteiger partial charge is 0.306 e. The summed E-state index contributed by atoms with van der Waals surface area (Å²) in [5.41, 5.74) is 0. The van der Waals surface area contributed by atoms with Crippen LogP contribution in [0, 0.1) is 0 Å². The first-order valence-corrected chi connectivity index (χ1v) is 20.3. The summed E-state index contributed by atoms with van der Waals surface area (Å²) in [6.45, 7) is 6.05. The number of unbranched alkanes of at least 4 members (excludes halogenated alkanes) is 4. The van der Waals surface area contributed by atoms with Crippen molar-refractivity contribution in [1.82, 2.24) is 0 Å². The molecule has 0 aromatic heterocycles. The van der Waals surface area contributed by atoms with Crippen LogP contribution in [0.4, 0.5) is 0 Å². The van der Waals surface area contributed by atoms with Crippen molar-refractivity contribution in [2.45, 2.75) is 136 Å². The van der Waals surface area contributed by atoms with Gasteiger partial charge >= 0.3 is 17.9 Å². The zero-order valence-electron chi connectivity index (χ0n) is 33.7. The van der Waals surface area contributed by atoms with E-state index in [0.29, 0.717) is 19.3 Å². The van der Waals surface area contributed by atoms with Crippen LogP contribution in [0.25, 0.3) is 0 Å². The Morgan fingerprint density at radius 2 is 0.759 bits per heavy atom. The van der Waals surface area contributed by atoms with Crippen LogP contribution in [0.3, 0.4) is 0 Å². The Morgan fingerprint density at radius 1 is 0.389 bits per heavy atom. The van der Waals surface area contributed by atoms with Crippen LogP contribution in [0.2, 0.25) is 0 Å². The van der Waals surface area contributed by atoms with Crippen molar-refractivity contribution in [3.8, 4) is 0 Å². The minimum absolute atomic E-state index is 0.149. The molecule has 0 radical (unpaired) electrons. The first-order valence-electron chi connectivity index (χ1n) is 20.3. The van der Waals surface area contributed by atoms with Gasteiger partial charge in [-0.3, -0.25) is 14.4 Å². The van der Waals surface area contributed by atoms with Crippen LogP contribution in [0.15, 0.2) is 134 Å². The molecule has 0 saturated carbocycles. The maximum Gasteiger partial charge on any atom is 0.306 e. The van der Waals surface area contributed by atoms with Gasteiger partial charge in [-0.05, 0) is 89.9 Å². The SMILES string of the molecule is CC\C=C/C=C\C=C/C=C\C=C/CCCC(=O)OCC(COC(=O)CCC/C=C\C/C=C\C/C=C\CC)OC(=O)CCCC/C=C\C/C=C\C/C=C\CC. The number of allylic oxidation sites excluding steroid dienone is 22. The summed E-state index contributed by atoms with van der Waals surface area (Å²) in [6.07, 6.45) is 57.4. The average Bonchev–Trinajstić information content (AvgIpc) is 3.17. The molecule has 6 heteroatoms. The fraction of sp³-hybridized carbons (Fsp3) is 0.479. The standard InChI is InChI=1S/C48H70O6/c1-4-7-10-13-16-19-22-24-27-29-32-35-38-41-47(50)53-44-45(43-52-46(49)40-37-34-31-28-25-21-18-15-12-9-6-3)54-48(51)42-39-36-33-30-26-23-20-17-14-11-8-5-2/h7-13,16-22,24,26-32,45H,4-6,14-15,23,25,33-44H2,1-3H3/b10-7-,11-8-,12-9-,16-13-,20-17-,21-18-,22-19-,27-24-,30-26-,31-28-,32-29-. The fourth-order valence-corrected chi connectivity index (χ4v) is 4.56. The quantitative estimate of drug-likeness (QED) is 0.0219. The summed E-state index contributed by atoms with van der Waals surface area (Å²) in [5.74, 6) is -1.14. The van der Waals surface area contributed by atoms with Crippen LogP contribution >= 0.6 is 0 Å². The molecule has 0 aromatic rings. The van der Waals surface area contributed by atoms with Crippen LogP contribution in [0.1, 0.15) is 130 Å². The molecule has 1 atom stereocenters. The summed E-state index contributed by atoms with van der Waals surface area (Å²) in [7, 11) is 0. The van der Waals surface area contributed by atoms with Crippen LogP contribution in [-0.4, -0.2) is 37.2 Å². The molecular weight excluding hydrogens is 673 g/mol. The molecule has 0 aromatic carbocycles. The molecule has 54 heavy (non-hydrogen) atoms. The Hall–Kier alpha value is -4.45. The van der Waals surface area contributed by atoms with Crippen LogP contribution in [-0.2, 0) is 28.6 Å². The van der Waals surface area contributed by atoms with Gasteiger partial charge in [0, 0.05) is 19.3 Å². The second-order valence-electron chi connectivity index (χ2n) is 12.5. The molecular formula is C48H70O6. The van der Waals surface area contributed by atoms with Gasteiger partial charge in [-0.2, -0.15) is 0 Å². The maximum absolute atomic E-state index is 12.6. The minimum atomic E-state index is -0.848. The number of hydrogen-bond acceptors (Lipinski definition) is 6. The lowest BCUT2D eigenvalue weighted by atomic mass is 10.2. The highest BCUT2D eigenvalue weighted by molar-refractivity contribution is 5.71. The van der Waals surface area contributed by atoms with E-state index in [1.165, 1.54) is 0 Å². The number of carbonyl (C=O) groups is 3. The van der Waals surface area contributed by atoms with Crippen molar-refractivity contribution in [3.05, 3.63) is 134 Å². The van der Waals surface area contributed by atoms with E-state index in [0.717, 1.165) is 70.6 Å². The normalized spacial score (nSPS) is 13.5. The van der Waals surface area contributed by atoms with Crippen LogP contribution < -0.4 is 0 Å². The number of rotatable bonds is 33. The summed E-state index contributed by atoms with van der Waals surface area (Å²) in [6, 6.07) is 0. The molecule has 0 saturated heterocycles. The largest absolute Gasteiger partial charge is 0.462 e. The maximum atomic E-state index is 12.6. The summed E-state index contributed by atoms with van der Waals surface area (Å²) >= 11 is 0. The summed E-state index contributed by atoms with van der Waals surface area (Å²) in [4.78, 5) is 37.5. The van der Waals surface area contributed by atoms with Gasteiger partial charge in [0.15, 0.2) is 6.10 Å². The molecule has 0 aliphatic carbocycles. The van der Waals surface area contributed by atoms with Gasteiger partial charge in [0.25, 0.3) is 0 Å². The third kappa shape index (κ3) is 38.8. The topological polar surface area (TPSA) is 78.9 Å². The zero-order valence-corrected chi connectivity index (χ0v) is 33.7. The second kappa shape index (κ2) is 41.3. The van der Waals surface area contributed by atoms with E-state index in [1.807, 2.05) is 54.7 Å². The first kappa shape index (κ1) is 49.6. The van der Waals surface area contributed by atoms with Crippen molar-refractivity contribution < 1.29 is 28.6 Å². The monoisotopic (exact) mass is 743 g/mol. The highest BCUT2D eigenvalue weighted by Gasteiger charge is 2.19. The Balaban J connectivity index is 4.68. The Morgan fingerprint density at radius 3 is 1.24 bits per heavy atom. The van der Waals surface area contributed by atoms with E-state index in [9.17, 15) is 14.4 Å². The minimum Gasteiger partial charge on any atom is -0.462 e. The molecule has 1 unspecified atom stereocenters. The first-order chi connectivity index (χ1) is 26.5. The fourth-order valence-electron chi connectivity index (χ4n) is 4.56. The van der Waals surface area contributed by atoms with E-state index in [1.54, 1.807) is 0 Å². The van der Waals surface area contributed by atoms with Crippen molar-refractivity contribution >= 4 is 17.9 Å². The second-order valence-corrected chi connectivity index (χ2v) is 12.5. The van der Waals surface area contributed by atoms with Gasteiger partial charge in [0.2, 0.25) is 0 Å². The highest BCUT2D eigenvalue weighted by Crippen LogP contribution is 2.08.